The minimum absolute atomic E-state index is 0.0302. The number of phenolic OH excluding ortho intramolecular Hbond substituents is 1. The lowest BCUT2D eigenvalue weighted by atomic mass is 9.98. The van der Waals surface area contributed by atoms with Crippen molar-refractivity contribution in [3.05, 3.63) is 59.7 Å². The predicted molar refractivity (Wildman–Crippen MR) is 141 cm³/mol. The van der Waals surface area contributed by atoms with E-state index in [2.05, 4.69) is 5.32 Å². The monoisotopic (exact) mass is 537 g/mol. The minimum Gasteiger partial charge on any atom is -0.508 e. The molecule has 2 unspecified atom stereocenters. The molecule has 3 saturated heterocycles. The largest absolute Gasteiger partial charge is 0.508 e. The fourth-order valence-electron chi connectivity index (χ4n) is 5.56. The van der Waals surface area contributed by atoms with Crippen molar-refractivity contribution in [3.63, 3.8) is 0 Å². The molecule has 3 heterocycles. The van der Waals surface area contributed by atoms with Gasteiger partial charge in [-0.3, -0.25) is 9.59 Å². The smallest absolute Gasteiger partial charge is 0.334 e. The van der Waals surface area contributed by atoms with Crippen molar-refractivity contribution in [1.29, 1.82) is 0 Å². The van der Waals surface area contributed by atoms with Gasteiger partial charge in [0, 0.05) is 33.2 Å². The summed E-state index contributed by atoms with van der Waals surface area (Å²) >= 11 is 0. The first kappa shape index (κ1) is 26.8. The first-order chi connectivity index (χ1) is 18.8. The Balaban J connectivity index is 1.40. The molecular weight excluding hydrogens is 502 g/mol. The average Bonchev–Trinajstić information content (AvgIpc) is 3.44. The van der Waals surface area contributed by atoms with E-state index in [1.807, 2.05) is 24.3 Å². The van der Waals surface area contributed by atoms with Crippen molar-refractivity contribution in [1.82, 2.24) is 25.1 Å². The van der Waals surface area contributed by atoms with E-state index >= 15 is 0 Å². The summed E-state index contributed by atoms with van der Waals surface area (Å²) in [6.45, 7) is 1.53. The zero-order chi connectivity index (χ0) is 27.5. The second-order valence-electron chi connectivity index (χ2n) is 10.2. The number of methoxy groups -OCH3 is 1. The van der Waals surface area contributed by atoms with Gasteiger partial charge in [0.1, 0.15) is 23.7 Å². The third kappa shape index (κ3) is 5.79. The second kappa shape index (κ2) is 11.5. The maximum Gasteiger partial charge on any atom is 0.334 e. The number of hydrogen-bond acceptors (Lipinski definition) is 7. The van der Waals surface area contributed by atoms with Gasteiger partial charge in [-0.15, -0.1) is 0 Å². The number of fused-ring (bicyclic) bond motifs is 1. The number of aromatic hydroxyl groups is 1. The number of hydrazine groups is 1. The number of nitrogens with one attached hydrogen (secondary N) is 1. The zero-order valence-electron chi connectivity index (χ0n) is 22.3. The zero-order valence-corrected chi connectivity index (χ0v) is 22.3. The quantitative estimate of drug-likeness (QED) is 0.551. The van der Waals surface area contributed by atoms with E-state index in [-0.39, 0.29) is 49.2 Å². The molecule has 3 aliphatic rings. The third-order valence-electron chi connectivity index (χ3n) is 7.56. The van der Waals surface area contributed by atoms with Crippen LogP contribution in [0.2, 0.25) is 0 Å². The highest BCUT2D eigenvalue weighted by Gasteiger charge is 2.51. The van der Waals surface area contributed by atoms with Gasteiger partial charge in [0.05, 0.1) is 26.3 Å². The number of nitrogens with zero attached hydrogens (tertiary/aromatic N) is 4. The number of hydrogen-bond donors (Lipinski definition) is 2. The Bertz CT molecular complexity index is 1180. The Hall–Kier alpha value is -3.83. The van der Waals surface area contributed by atoms with E-state index < -0.39 is 12.2 Å². The van der Waals surface area contributed by atoms with Crippen LogP contribution in [0.5, 0.6) is 11.5 Å². The van der Waals surface area contributed by atoms with Crippen molar-refractivity contribution < 1.29 is 29.0 Å². The van der Waals surface area contributed by atoms with Crippen LogP contribution in [-0.4, -0.2) is 101 Å². The van der Waals surface area contributed by atoms with Crippen LogP contribution in [-0.2, 0) is 27.3 Å². The summed E-state index contributed by atoms with van der Waals surface area (Å²) in [5.41, 5.74) is 1.71. The molecule has 3 atom stereocenters. The van der Waals surface area contributed by atoms with Crippen molar-refractivity contribution in [3.8, 4) is 11.5 Å². The Morgan fingerprint density at radius 1 is 1.10 bits per heavy atom. The molecular formula is C28H35N5O6. The molecule has 0 spiro atoms. The number of ether oxygens (including phenoxy) is 2. The molecule has 0 aromatic heterocycles. The first-order valence-corrected chi connectivity index (χ1v) is 13.2. The molecule has 3 aliphatic heterocycles. The maximum atomic E-state index is 13.8. The first-order valence-electron chi connectivity index (χ1n) is 13.2. The van der Waals surface area contributed by atoms with E-state index in [0.29, 0.717) is 19.7 Å². The highest BCUT2D eigenvalue weighted by Crippen LogP contribution is 2.29. The summed E-state index contributed by atoms with van der Waals surface area (Å²) in [5, 5.41) is 15.8. The highest BCUT2D eigenvalue weighted by atomic mass is 16.5. The van der Waals surface area contributed by atoms with Gasteiger partial charge >= 0.3 is 6.03 Å². The number of urea groups is 1. The number of benzene rings is 2. The second-order valence-corrected chi connectivity index (χ2v) is 10.2. The molecule has 2 N–H and O–H groups in total. The molecule has 2 aromatic rings. The summed E-state index contributed by atoms with van der Waals surface area (Å²) in [7, 11) is 3.31. The van der Waals surface area contributed by atoms with E-state index in [4.69, 9.17) is 9.47 Å². The van der Waals surface area contributed by atoms with Crippen molar-refractivity contribution >= 4 is 17.8 Å². The molecule has 0 aliphatic carbocycles. The predicted octanol–water partition coefficient (Wildman–Crippen LogP) is 1.56. The van der Waals surface area contributed by atoms with Gasteiger partial charge in [0.15, 0.2) is 0 Å². The molecule has 5 rings (SSSR count). The maximum absolute atomic E-state index is 13.8. The highest BCUT2D eigenvalue weighted by molar-refractivity contribution is 5.91. The Morgan fingerprint density at radius 3 is 2.49 bits per heavy atom. The fourth-order valence-corrected chi connectivity index (χ4v) is 5.56. The molecule has 0 bridgehead atoms. The number of piperazine rings is 1. The Labute approximate surface area is 227 Å². The van der Waals surface area contributed by atoms with Crippen LogP contribution < -0.4 is 10.1 Å². The van der Waals surface area contributed by atoms with Crippen molar-refractivity contribution in [2.45, 2.75) is 44.1 Å². The normalized spacial score (nSPS) is 23.6. The Kier molecular flexibility index (Phi) is 7.89. The van der Waals surface area contributed by atoms with Crippen LogP contribution in [0.1, 0.15) is 24.0 Å². The lowest BCUT2D eigenvalue weighted by Crippen LogP contribution is -2.76. The van der Waals surface area contributed by atoms with E-state index in [9.17, 15) is 19.5 Å². The lowest BCUT2D eigenvalue weighted by molar-refractivity contribution is -0.188. The van der Waals surface area contributed by atoms with Crippen LogP contribution in [0.4, 0.5) is 4.79 Å². The van der Waals surface area contributed by atoms with Crippen LogP contribution in [0.3, 0.4) is 0 Å². The van der Waals surface area contributed by atoms with Gasteiger partial charge in [0.2, 0.25) is 11.8 Å². The van der Waals surface area contributed by atoms with E-state index in [1.54, 1.807) is 58.2 Å². The number of carbonyl (C=O) groups is 3. The fraction of sp³-hybridized carbons (Fsp3) is 0.464. The standard InChI is InChI=1S/C28H35N5O6/c1-30-18-26(35)32-24(14-19-5-9-21(34)10-6-19)27(36)31(16-23-4-3-13-39-23)17-25(32)33(30)28(37)29-15-20-7-11-22(38-2)12-8-20/h5-12,23-25,34H,3-4,13-18H2,1-2H3,(H,29,37)/t23?,24-,25?/m0/s1. The van der Waals surface area contributed by atoms with Gasteiger partial charge in [-0.1, -0.05) is 24.3 Å². The van der Waals surface area contributed by atoms with Crippen molar-refractivity contribution in [2.24, 2.45) is 0 Å². The van der Waals surface area contributed by atoms with E-state index in [1.165, 1.54) is 0 Å². The number of rotatable bonds is 7. The topological polar surface area (TPSA) is 115 Å². The summed E-state index contributed by atoms with van der Waals surface area (Å²) < 4.78 is 11.0. The average molecular weight is 538 g/mol. The van der Waals surface area contributed by atoms with Crippen LogP contribution in [0.15, 0.2) is 48.5 Å². The molecule has 3 fully saturated rings. The van der Waals surface area contributed by atoms with E-state index in [0.717, 1.165) is 29.7 Å². The Morgan fingerprint density at radius 2 is 1.82 bits per heavy atom. The molecule has 208 valence electrons. The molecule has 4 amide bonds. The summed E-state index contributed by atoms with van der Waals surface area (Å²) in [5.74, 6) is 0.483. The third-order valence-corrected chi connectivity index (χ3v) is 7.56. The van der Waals surface area contributed by atoms with Crippen molar-refractivity contribution in [2.75, 3.05) is 40.4 Å². The van der Waals surface area contributed by atoms with Crippen LogP contribution in [0.25, 0.3) is 0 Å². The molecule has 0 saturated carbocycles. The van der Waals surface area contributed by atoms with Gasteiger partial charge in [-0.05, 0) is 48.2 Å². The van der Waals surface area contributed by atoms with Gasteiger partial charge in [0.25, 0.3) is 0 Å². The van der Waals surface area contributed by atoms with Crippen LogP contribution in [0, 0.1) is 0 Å². The number of phenols is 1. The lowest BCUT2D eigenvalue weighted by Gasteiger charge is -2.54. The molecule has 11 heteroatoms. The van der Waals surface area contributed by atoms with Crippen LogP contribution >= 0.6 is 0 Å². The number of likely N-dealkylation sites (N-methyl/N-ethyl adjacent to an activating group) is 1. The van der Waals surface area contributed by atoms with Gasteiger partial charge in [-0.25, -0.2) is 14.8 Å². The van der Waals surface area contributed by atoms with Gasteiger partial charge < -0.3 is 29.7 Å². The molecule has 39 heavy (non-hydrogen) atoms. The number of amides is 4. The summed E-state index contributed by atoms with van der Waals surface area (Å²) in [6, 6.07) is 12.9. The summed E-state index contributed by atoms with van der Waals surface area (Å²) in [4.78, 5) is 44.0. The number of carbonyl (C=O) groups excluding carboxylic acids is 3. The molecule has 2 aromatic carbocycles. The molecule has 0 radical (unpaired) electrons. The SMILES string of the molecule is COc1ccc(CNC(=O)N2C3CN(CC4CCCO4)C(=O)[C@H](Cc4ccc(O)cc4)N3C(=O)CN2C)cc1. The molecule has 11 nitrogen and oxygen atoms in total. The minimum atomic E-state index is -0.784. The summed E-state index contributed by atoms with van der Waals surface area (Å²) in [6.07, 6.45) is 1.35. The van der Waals surface area contributed by atoms with Gasteiger partial charge in [-0.2, -0.15) is 0 Å².